The summed E-state index contributed by atoms with van der Waals surface area (Å²) < 4.78 is 11.6. The lowest BCUT2D eigenvalue weighted by atomic mass is 9.34. The molecule has 0 aliphatic heterocycles. The highest BCUT2D eigenvalue weighted by Crippen LogP contribution is 2.73. The highest BCUT2D eigenvalue weighted by Gasteiger charge is 2.69. The Morgan fingerprint density at radius 2 is 1.62 bits per heavy atom. The zero-order chi connectivity index (χ0) is 25.3. The first-order valence-electron chi connectivity index (χ1n) is 13.2. The van der Waals surface area contributed by atoms with Crippen molar-refractivity contribution in [1.29, 1.82) is 0 Å². The van der Waals surface area contributed by atoms with Gasteiger partial charge in [0.25, 0.3) is 0 Å². The van der Waals surface area contributed by atoms with Crippen LogP contribution in [0.3, 0.4) is 0 Å². The molecular weight excluding hydrogens is 428 g/mol. The molecule has 4 saturated carbocycles. The van der Waals surface area contributed by atoms with Gasteiger partial charge in [-0.3, -0.25) is 14.4 Å². The van der Waals surface area contributed by atoms with Crippen molar-refractivity contribution in [3.63, 3.8) is 0 Å². The molecule has 0 radical (unpaired) electrons. The molecule has 0 aromatic heterocycles. The molecule has 0 spiro atoms. The van der Waals surface area contributed by atoms with Crippen molar-refractivity contribution in [1.82, 2.24) is 0 Å². The zero-order valence-corrected chi connectivity index (χ0v) is 22.3. The van der Waals surface area contributed by atoms with Gasteiger partial charge >= 0.3 is 11.9 Å². The first kappa shape index (κ1) is 25.4. The second-order valence-electron chi connectivity index (χ2n) is 13.3. The van der Waals surface area contributed by atoms with Gasteiger partial charge in [-0.15, -0.1) is 0 Å². The minimum atomic E-state index is -0.321. The summed E-state index contributed by atoms with van der Waals surface area (Å²) in [5, 5.41) is 0. The van der Waals surface area contributed by atoms with Crippen LogP contribution >= 0.6 is 0 Å². The van der Waals surface area contributed by atoms with Gasteiger partial charge in [0.15, 0.2) is 5.78 Å². The van der Waals surface area contributed by atoms with Crippen molar-refractivity contribution in [2.24, 2.45) is 45.3 Å². The predicted molar refractivity (Wildman–Crippen MR) is 131 cm³/mol. The molecule has 4 rings (SSSR count). The van der Waals surface area contributed by atoms with Crippen LogP contribution in [0.5, 0.6) is 0 Å². The molecule has 5 heteroatoms. The molecule has 0 saturated heterocycles. The molecule has 34 heavy (non-hydrogen) atoms. The largest absolute Gasteiger partial charge is 0.465 e. The van der Waals surface area contributed by atoms with Gasteiger partial charge in [-0.25, -0.2) is 0 Å². The van der Waals surface area contributed by atoms with Gasteiger partial charge in [0.05, 0.1) is 6.61 Å². The number of hydrogen-bond acceptors (Lipinski definition) is 5. The van der Waals surface area contributed by atoms with Gasteiger partial charge < -0.3 is 9.47 Å². The Morgan fingerprint density at radius 3 is 2.24 bits per heavy atom. The molecular formula is C29H44O5. The van der Waals surface area contributed by atoms with Crippen LogP contribution in [0.2, 0.25) is 0 Å². The predicted octanol–water partition coefficient (Wildman–Crippen LogP) is 5.90. The van der Waals surface area contributed by atoms with E-state index in [0.29, 0.717) is 23.8 Å². The Labute approximate surface area is 205 Å². The first-order chi connectivity index (χ1) is 15.7. The number of Topliss-reactive ketones (excluding diaryl/α,β-unsaturated/α-hetero) is 1. The molecule has 0 heterocycles. The molecule has 0 bridgehead atoms. The summed E-state index contributed by atoms with van der Waals surface area (Å²) in [7, 11) is 0. The second kappa shape index (κ2) is 8.20. The quantitative estimate of drug-likeness (QED) is 0.378. The maximum Gasteiger partial charge on any atom is 0.302 e. The van der Waals surface area contributed by atoms with E-state index < -0.39 is 0 Å². The highest BCUT2D eigenvalue weighted by atomic mass is 16.5. The normalized spacial score (nSPS) is 45.4. The number of ketones is 1. The summed E-state index contributed by atoms with van der Waals surface area (Å²) in [5.41, 5.74) is 0.441. The number of ether oxygens (including phenoxy) is 2. The maximum absolute atomic E-state index is 13.3. The number of esters is 2. The molecule has 8 atom stereocenters. The first-order valence-corrected chi connectivity index (χ1v) is 13.2. The molecule has 0 amide bonds. The Bertz CT molecular complexity index is 904. The number of carbonyl (C=O) groups is 3. The Morgan fingerprint density at radius 1 is 0.941 bits per heavy atom. The molecule has 190 valence electrons. The van der Waals surface area contributed by atoms with Crippen LogP contribution in [-0.2, 0) is 23.9 Å². The van der Waals surface area contributed by atoms with E-state index in [2.05, 4.69) is 41.2 Å². The third kappa shape index (κ3) is 3.67. The number of fused-ring (bicyclic) bond motifs is 5. The summed E-state index contributed by atoms with van der Waals surface area (Å²) >= 11 is 0. The number of carbonyl (C=O) groups excluding carboxylic acids is 3. The summed E-state index contributed by atoms with van der Waals surface area (Å²) in [6.07, 6.45) is 6.68. The van der Waals surface area contributed by atoms with Crippen LogP contribution in [0.4, 0.5) is 0 Å². The van der Waals surface area contributed by atoms with E-state index in [4.69, 9.17) is 9.47 Å². The van der Waals surface area contributed by atoms with E-state index >= 15 is 0 Å². The highest BCUT2D eigenvalue weighted by molar-refractivity contribution is 5.96. The average molecular weight is 473 g/mol. The fourth-order valence-electron chi connectivity index (χ4n) is 9.93. The lowest BCUT2D eigenvalue weighted by Crippen LogP contribution is -2.67. The van der Waals surface area contributed by atoms with E-state index in [1.165, 1.54) is 20.3 Å². The maximum atomic E-state index is 13.3. The summed E-state index contributed by atoms with van der Waals surface area (Å²) in [6.45, 7) is 19.1. The number of rotatable bonds is 3. The minimum Gasteiger partial charge on any atom is -0.465 e. The van der Waals surface area contributed by atoms with Gasteiger partial charge in [0.2, 0.25) is 0 Å². The second-order valence-corrected chi connectivity index (χ2v) is 13.3. The van der Waals surface area contributed by atoms with Crippen LogP contribution in [0.15, 0.2) is 12.2 Å². The standard InChI is InChI=1S/C29H44O5/c1-17-20(16-33-18(2)30)27(6)13-10-23-28(7)12-9-11-26(4,5)25(28)22(34-19(3)31)15-29(23,8)24(27)14-21(17)32/h20,22-25H,1,9-16H2,2-8H3/t20-,22+,23?,24?,25?,27-,28-,29-/m1/s1. The molecule has 4 aliphatic carbocycles. The van der Waals surface area contributed by atoms with Crippen molar-refractivity contribution in [3.8, 4) is 0 Å². The van der Waals surface area contributed by atoms with E-state index in [1.807, 2.05) is 0 Å². The van der Waals surface area contributed by atoms with E-state index in [0.717, 1.165) is 32.1 Å². The monoisotopic (exact) mass is 472 g/mol. The zero-order valence-electron chi connectivity index (χ0n) is 22.3. The molecule has 0 aromatic carbocycles. The lowest BCUT2D eigenvalue weighted by Gasteiger charge is -2.71. The van der Waals surface area contributed by atoms with E-state index in [-0.39, 0.29) is 63.9 Å². The Balaban J connectivity index is 1.80. The van der Waals surface area contributed by atoms with E-state index in [1.54, 1.807) is 0 Å². The van der Waals surface area contributed by atoms with Crippen LogP contribution in [-0.4, -0.2) is 30.4 Å². The Hall–Kier alpha value is -1.65. The van der Waals surface area contributed by atoms with Gasteiger partial charge in [0, 0.05) is 32.1 Å². The minimum absolute atomic E-state index is 0.0546. The van der Waals surface area contributed by atoms with Crippen LogP contribution in [0.25, 0.3) is 0 Å². The molecule has 0 aromatic rings. The van der Waals surface area contributed by atoms with Crippen molar-refractivity contribution in [2.75, 3.05) is 6.61 Å². The smallest absolute Gasteiger partial charge is 0.302 e. The van der Waals surface area contributed by atoms with E-state index in [9.17, 15) is 14.4 Å². The SMILES string of the molecule is C=C1C(=O)CC2[C@]3(C)C[C@H](OC(C)=O)C4C(C)(C)CCC[C@]4(C)C3CC[C@]2(C)[C@@H]1COC(C)=O. The molecule has 4 aliphatic rings. The fourth-order valence-corrected chi connectivity index (χ4v) is 9.93. The van der Waals surface area contributed by atoms with Crippen LogP contribution < -0.4 is 0 Å². The van der Waals surface area contributed by atoms with Crippen molar-refractivity contribution in [3.05, 3.63) is 12.2 Å². The van der Waals surface area contributed by atoms with Crippen LogP contribution in [0, 0.1) is 45.3 Å². The van der Waals surface area contributed by atoms with Gasteiger partial charge in [0.1, 0.15) is 6.10 Å². The van der Waals surface area contributed by atoms with Gasteiger partial charge in [-0.1, -0.05) is 47.6 Å². The van der Waals surface area contributed by atoms with Crippen molar-refractivity contribution in [2.45, 2.75) is 99.5 Å². The lowest BCUT2D eigenvalue weighted by molar-refractivity contribution is -0.245. The van der Waals surface area contributed by atoms with Crippen LogP contribution in [0.1, 0.15) is 93.4 Å². The molecule has 0 N–H and O–H groups in total. The number of hydrogen-bond donors (Lipinski definition) is 0. The molecule has 3 unspecified atom stereocenters. The third-order valence-electron chi connectivity index (χ3n) is 11.0. The van der Waals surface area contributed by atoms with Crippen molar-refractivity contribution >= 4 is 17.7 Å². The average Bonchev–Trinajstić information content (AvgIpc) is 2.67. The molecule has 5 nitrogen and oxygen atoms in total. The summed E-state index contributed by atoms with van der Waals surface area (Å²) in [6, 6.07) is 0. The summed E-state index contributed by atoms with van der Waals surface area (Å²) in [4.78, 5) is 37.2. The third-order valence-corrected chi connectivity index (χ3v) is 11.0. The summed E-state index contributed by atoms with van der Waals surface area (Å²) in [5.74, 6) is 0.309. The van der Waals surface area contributed by atoms with Gasteiger partial charge in [-0.05, 0) is 71.2 Å². The van der Waals surface area contributed by atoms with Gasteiger partial charge in [-0.2, -0.15) is 0 Å². The Kier molecular flexibility index (Phi) is 6.13. The van der Waals surface area contributed by atoms with Crippen molar-refractivity contribution < 1.29 is 23.9 Å². The molecule has 4 fully saturated rings. The fraction of sp³-hybridized carbons (Fsp3) is 0.828. The topological polar surface area (TPSA) is 69.7 Å².